The van der Waals surface area contributed by atoms with E-state index in [-0.39, 0.29) is 25.4 Å². The Morgan fingerprint density at radius 1 is 1.13 bits per heavy atom. The zero-order valence-electron chi connectivity index (χ0n) is 29.2. The number of nitrogens with one attached hydrogen (secondary N) is 3. The van der Waals surface area contributed by atoms with E-state index in [1.54, 1.807) is 26.0 Å². The number of likely N-dealkylation sites (N-methyl/N-ethyl adjacent to an activating group) is 1. The van der Waals surface area contributed by atoms with Gasteiger partial charge in [-0.1, -0.05) is 48.5 Å². The number of primary amides is 1. The molecule has 0 radical (unpaired) electrons. The number of ether oxygens (including phenoxy) is 3. The number of allylic oxidation sites excluding steroid dienone is 1. The minimum absolute atomic E-state index is 0.0893. The van der Waals surface area contributed by atoms with Crippen LogP contribution in [0.4, 0.5) is 5.69 Å². The second-order valence-corrected chi connectivity index (χ2v) is 11.4. The molecule has 0 spiro atoms. The number of benzodiazepines with no additional fused rings is 1. The van der Waals surface area contributed by atoms with Crippen LogP contribution < -0.4 is 21.7 Å². The largest absolute Gasteiger partial charge is 0.485 e. The van der Waals surface area contributed by atoms with Crippen molar-refractivity contribution in [1.29, 1.82) is 0 Å². The fraction of sp³-hybridized carbons (Fsp3) is 0.371. The molecule has 2 heterocycles. The van der Waals surface area contributed by atoms with Crippen molar-refractivity contribution < 1.29 is 58.6 Å². The first-order chi connectivity index (χ1) is 25.4. The average Bonchev–Trinajstić information content (AvgIpc) is 3.40. The summed E-state index contributed by atoms with van der Waals surface area (Å²) in [6.45, 7) is 2.79. The molecule has 7 unspecified atom stereocenters. The van der Waals surface area contributed by atoms with Gasteiger partial charge in [-0.2, -0.15) is 0 Å². The second kappa shape index (κ2) is 20.5. The van der Waals surface area contributed by atoms with E-state index in [1.807, 2.05) is 47.8 Å². The third kappa shape index (κ3) is 11.5. The van der Waals surface area contributed by atoms with Crippen LogP contribution in [0.5, 0.6) is 0 Å². The van der Waals surface area contributed by atoms with Crippen LogP contribution in [-0.2, 0) is 38.2 Å². The molecule has 9 N–H and O–H groups in total. The summed E-state index contributed by atoms with van der Waals surface area (Å²) in [7, 11) is 1.53. The lowest BCUT2D eigenvalue weighted by Gasteiger charge is -2.27. The van der Waals surface area contributed by atoms with Crippen LogP contribution in [0.25, 0.3) is 0 Å². The quantitative estimate of drug-likeness (QED) is 0.0572. The van der Waals surface area contributed by atoms with Crippen LogP contribution in [0.3, 0.4) is 0 Å². The topological polar surface area (TPSA) is 272 Å². The number of hydrogen-bond acceptors (Lipinski definition) is 14. The van der Waals surface area contributed by atoms with Crippen molar-refractivity contribution in [2.24, 2.45) is 10.7 Å². The number of carbonyl (C=O) groups excluding carboxylic acids is 5. The average molecular weight is 741 g/mol. The van der Waals surface area contributed by atoms with Crippen molar-refractivity contribution >= 4 is 41.4 Å². The molecule has 2 aromatic rings. The molecule has 18 nitrogen and oxygen atoms in total. The van der Waals surface area contributed by atoms with Gasteiger partial charge in [-0.15, -0.1) is 0 Å². The molecule has 0 saturated carbocycles. The maximum absolute atomic E-state index is 12.7. The van der Waals surface area contributed by atoms with Gasteiger partial charge < -0.3 is 55.9 Å². The van der Waals surface area contributed by atoms with E-state index in [4.69, 9.17) is 25.1 Å². The lowest BCUT2D eigenvalue weighted by molar-refractivity contribution is -0.141. The predicted molar refractivity (Wildman–Crippen MR) is 188 cm³/mol. The van der Waals surface area contributed by atoms with Crippen molar-refractivity contribution in [2.45, 2.75) is 56.8 Å². The Balaban J connectivity index is 0.000000297. The number of nitrogens with zero attached hydrogens (tertiary/aromatic N) is 2. The summed E-state index contributed by atoms with van der Waals surface area (Å²) in [5.74, 6) is -2.92. The van der Waals surface area contributed by atoms with E-state index in [0.717, 1.165) is 17.2 Å². The lowest BCUT2D eigenvalue weighted by atomic mass is 10.0. The molecule has 1 saturated heterocycles. The van der Waals surface area contributed by atoms with Crippen molar-refractivity contribution in [2.75, 3.05) is 32.2 Å². The Morgan fingerprint density at radius 2 is 1.81 bits per heavy atom. The summed E-state index contributed by atoms with van der Waals surface area (Å²) in [6.07, 6.45) is -4.27. The van der Waals surface area contributed by atoms with E-state index < -0.39 is 73.1 Å². The van der Waals surface area contributed by atoms with E-state index in [9.17, 15) is 39.3 Å². The third-order valence-corrected chi connectivity index (χ3v) is 7.67. The monoisotopic (exact) mass is 740 g/mol. The van der Waals surface area contributed by atoms with Gasteiger partial charge in [0, 0.05) is 37.1 Å². The highest BCUT2D eigenvalue weighted by Gasteiger charge is 2.50. The van der Waals surface area contributed by atoms with E-state index in [2.05, 4.69) is 15.6 Å². The molecule has 2 aliphatic rings. The Bertz CT molecular complexity index is 1670. The highest BCUT2D eigenvalue weighted by Crippen LogP contribution is 2.28. The molecule has 0 aromatic heterocycles. The number of aliphatic hydroxyl groups is 4. The molecule has 0 bridgehead atoms. The highest BCUT2D eigenvalue weighted by atomic mass is 16.6. The Hall–Kier alpha value is -5.50. The zero-order chi connectivity index (χ0) is 39.1. The van der Waals surface area contributed by atoms with Gasteiger partial charge in [0.15, 0.2) is 18.1 Å². The summed E-state index contributed by atoms with van der Waals surface area (Å²) >= 11 is 0. The van der Waals surface area contributed by atoms with Crippen molar-refractivity contribution in [3.63, 3.8) is 0 Å². The van der Waals surface area contributed by atoms with E-state index in [0.29, 0.717) is 11.4 Å². The number of carbonyl (C=O) groups is 5. The molecule has 286 valence electrons. The zero-order valence-corrected chi connectivity index (χ0v) is 29.2. The second-order valence-electron chi connectivity index (χ2n) is 11.4. The van der Waals surface area contributed by atoms with E-state index >= 15 is 0 Å². The number of rotatable bonds is 15. The number of imide groups is 1. The van der Waals surface area contributed by atoms with Crippen LogP contribution in [0.1, 0.15) is 25.0 Å². The van der Waals surface area contributed by atoms with Crippen LogP contribution in [0.2, 0.25) is 0 Å². The summed E-state index contributed by atoms with van der Waals surface area (Å²) < 4.78 is 16.1. The Morgan fingerprint density at radius 3 is 2.43 bits per heavy atom. The molecule has 4 rings (SSSR count). The third-order valence-electron chi connectivity index (χ3n) is 7.67. The number of amides is 5. The number of para-hydroxylation sites is 1. The molecule has 18 heteroatoms. The van der Waals surface area contributed by atoms with E-state index in [1.165, 1.54) is 24.2 Å². The molecule has 7 atom stereocenters. The van der Waals surface area contributed by atoms with Gasteiger partial charge >= 0.3 is 0 Å². The fourth-order valence-electron chi connectivity index (χ4n) is 5.07. The first-order valence-corrected chi connectivity index (χ1v) is 16.4. The van der Waals surface area contributed by atoms with Gasteiger partial charge in [-0.3, -0.25) is 29.3 Å². The standard InChI is InChI=1S/C22H23N3O5.C13H21N3O7/c1-2-18(30-13-15(27)12-26)21(28)25-20-22(29)23-17-11-7-6-10-16(17)19(24-20)14-8-4-3-5-9-14;1-3-22-11-8(19)10(9(20)12(14)21)23-13(11)16(2)5-4-7(18)15-6-17/h2-11,15,20,26-27H,12-13H2,1H3,(H,23,29)(H,25,28);4-6,8-11,13,19-20H,3H2,1-2H3,(H2,14,21)(H,15,17,18)/b18-2-;5-4-. The Kier molecular flexibility index (Phi) is 16.2. The summed E-state index contributed by atoms with van der Waals surface area (Å²) in [4.78, 5) is 63.8. The van der Waals surface area contributed by atoms with Gasteiger partial charge in [0.05, 0.1) is 18.0 Å². The molecule has 0 aliphatic carbocycles. The fourth-order valence-corrected chi connectivity index (χ4v) is 5.07. The number of fused-ring (bicyclic) bond motifs is 1. The smallest absolute Gasteiger partial charge is 0.288 e. The number of benzene rings is 2. The first kappa shape index (κ1) is 41.9. The van der Waals surface area contributed by atoms with Crippen LogP contribution in [0.15, 0.2) is 83.7 Å². The number of nitrogens with two attached hydrogens (primary N) is 1. The molecule has 2 aliphatic heterocycles. The number of anilines is 1. The minimum atomic E-state index is -1.70. The van der Waals surface area contributed by atoms with Crippen molar-refractivity contribution in [3.05, 3.63) is 89.8 Å². The van der Waals surface area contributed by atoms with Gasteiger partial charge in [0.1, 0.15) is 31.0 Å². The van der Waals surface area contributed by atoms with Crippen molar-refractivity contribution in [1.82, 2.24) is 15.5 Å². The summed E-state index contributed by atoms with van der Waals surface area (Å²) in [5, 5.41) is 45.5. The maximum atomic E-state index is 12.7. The molecular formula is C35H44N6O12. The summed E-state index contributed by atoms with van der Waals surface area (Å²) in [6, 6.07) is 16.6. The lowest BCUT2D eigenvalue weighted by Crippen LogP contribution is -2.46. The molecule has 53 heavy (non-hydrogen) atoms. The number of aliphatic hydroxyl groups excluding tert-OH is 4. The van der Waals surface area contributed by atoms with Gasteiger partial charge in [0.2, 0.25) is 18.5 Å². The first-order valence-electron chi connectivity index (χ1n) is 16.4. The van der Waals surface area contributed by atoms with Crippen molar-refractivity contribution in [3.8, 4) is 0 Å². The number of aliphatic imine (C=N–C) groups is 1. The number of hydrogen-bond donors (Lipinski definition) is 8. The minimum Gasteiger partial charge on any atom is -0.485 e. The molecule has 1 fully saturated rings. The van der Waals surface area contributed by atoms with Gasteiger partial charge in [-0.05, 0) is 26.0 Å². The summed E-state index contributed by atoms with van der Waals surface area (Å²) in [5.41, 5.74) is 7.71. The molecule has 5 amide bonds. The van der Waals surface area contributed by atoms with Crippen LogP contribution in [0, 0.1) is 0 Å². The normalized spacial score (nSPS) is 22.1. The molecule has 2 aromatic carbocycles. The van der Waals surface area contributed by atoms with Crippen LogP contribution >= 0.6 is 0 Å². The SMILES string of the molecule is C/C=C(\OCC(O)CO)C(=O)NC1N=C(c2ccccc2)c2ccccc2NC1=O.CCOC1C(O)C(C(O)C(N)=O)OC1N(C)/C=C\C(=O)NC=O. The predicted octanol–water partition coefficient (Wildman–Crippen LogP) is -1.77. The van der Waals surface area contributed by atoms with Gasteiger partial charge in [0.25, 0.3) is 17.7 Å². The Labute approximate surface area is 304 Å². The van der Waals surface area contributed by atoms with Crippen LogP contribution in [-0.4, -0.2) is 131 Å². The van der Waals surface area contributed by atoms with Gasteiger partial charge in [-0.25, -0.2) is 4.99 Å². The molecular weight excluding hydrogens is 696 g/mol. The maximum Gasteiger partial charge on any atom is 0.288 e. The highest BCUT2D eigenvalue weighted by molar-refractivity contribution is 6.20.